The van der Waals surface area contributed by atoms with Gasteiger partial charge in [-0.25, -0.2) is 9.36 Å². The Morgan fingerprint density at radius 1 is 1.04 bits per heavy atom. The lowest BCUT2D eigenvalue weighted by Crippen LogP contribution is -2.23. The molecule has 0 spiro atoms. The van der Waals surface area contributed by atoms with E-state index in [9.17, 15) is 22.8 Å². The largest absolute Gasteiger partial charge is 0.426 e. The second-order valence-corrected chi connectivity index (χ2v) is 5.75. The van der Waals surface area contributed by atoms with Crippen molar-refractivity contribution in [1.29, 1.82) is 0 Å². The van der Waals surface area contributed by atoms with Gasteiger partial charge in [-0.05, 0) is 23.3 Å². The fraction of sp³-hybridized carbons (Fsp3) is 0.100. The van der Waals surface area contributed by atoms with Crippen LogP contribution >= 0.6 is 0 Å². The second kappa shape index (κ2) is 7.49. The lowest BCUT2D eigenvalue weighted by Gasteiger charge is -2.09. The number of halogens is 3. The summed E-state index contributed by atoms with van der Waals surface area (Å²) in [5.74, 6) is -1.67. The maximum Gasteiger partial charge on any atom is 0.426 e. The molecule has 0 saturated heterocycles. The van der Waals surface area contributed by atoms with Gasteiger partial charge in [0.2, 0.25) is 0 Å². The van der Waals surface area contributed by atoms with E-state index in [1.807, 2.05) is 30.3 Å². The predicted molar refractivity (Wildman–Crippen MR) is 93.3 cm³/mol. The number of nitrogens with zero attached hydrogens (tertiary/aromatic N) is 1. The molecular weight excluding hydrogens is 359 g/mol. The zero-order valence-corrected chi connectivity index (χ0v) is 13.9. The average Bonchev–Trinajstić information content (AvgIpc) is 3.00. The van der Waals surface area contributed by atoms with Crippen molar-refractivity contribution in [2.24, 2.45) is 0 Å². The molecule has 138 valence electrons. The molecule has 7 heteroatoms. The highest BCUT2D eigenvalue weighted by Gasteiger charge is 2.32. The Labute approximate surface area is 152 Å². The molecule has 0 aliphatic rings. The van der Waals surface area contributed by atoms with Gasteiger partial charge in [0.15, 0.2) is 0 Å². The number of rotatable bonds is 4. The molecule has 0 atom stereocenters. The van der Waals surface area contributed by atoms with Gasteiger partial charge in [0.1, 0.15) is 6.26 Å². The monoisotopic (exact) mass is 373 g/mol. The highest BCUT2D eigenvalue weighted by molar-refractivity contribution is 5.94. The van der Waals surface area contributed by atoms with Crippen LogP contribution in [0.5, 0.6) is 0 Å². The lowest BCUT2D eigenvalue weighted by atomic mass is 10.1. The van der Waals surface area contributed by atoms with Gasteiger partial charge in [0.25, 0.3) is 5.91 Å². The van der Waals surface area contributed by atoms with Crippen LogP contribution in [-0.2, 0) is 12.6 Å². The Bertz CT molecular complexity index is 1030. The van der Waals surface area contributed by atoms with Crippen LogP contribution in [0.25, 0.3) is 6.08 Å². The van der Waals surface area contributed by atoms with E-state index < -0.39 is 23.4 Å². The maximum atomic E-state index is 13.0. The summed E-state index contributed by atoms with van der Waals surface area (Å²) >= 11 is 0. The number of allylic oxidation sites excluding steroid dienone is 1. The smallest absolute Gasteiger partial charge is 0.416 e. The zero-order chi connectivity index (χ0) is 19.4. The SMILES string of the molecule is O=C(/C=C/c1ccccc1C(F)(F)F)n1c(Cc2ccccc2)coc1=O. The molecular formula is C20H14F3NO3. The summed E-state index contributed by atoms with van der Waals surface area (Å²) < 4.78 is 44.7. The van der Waals surface area contributed by atoms with Crippen molar-refractivity contribution in [1.82, 2.24) is 4.57 Å². The fourth-order valence-corrected chi connectivity index (χ4v) is 2.63. The lowest BCUT2D eigenvalue weighted by molar-refractivity contribution is -0.137. The van der Waals surface area contributed by atoms with Gasteiger partial charge >= 0.3 is 11.9 Å². The summed E-state index contributed by atoms with van der Waals surface area (Å²) in [6, 6.07) is 14.0. The first-order chi connectivity index (χ1) is 12.9. The Kier molecular flexibility index (Phi) is 5.12. The van der Waals surface area contributed by atoms with Gasteiger partial charge in [-0.15, -0.1) is 0 Å². The Morgan fingerprint density at radius 3 is 2.41 bits per heavy atom. The molecule has 27 heavy (non-hydrogen) atoms. The van der Waals surface area contributed by atoms with E-state index in [0.29, 0.717) is 5.69 Å². The van der Waals surface area contributed by atoms with Crippen molar-refractivity contribution in [3.8, 4) is 0 Å². The minimum Gasteiger partial charge on any atom is -0.416 e. The van der Waals surface area contributed by atoms with E-state index in [2.05, 4.69) is 0 Å². The van der Waals surface area contributed by atoms with Crippen molar-refractivity contribution < 1.29 is 22.4 Å². The first kappa shape index (κ1) is 18.4. The molecule has 0 aliphatic carbocycles. The fourth-order valence-electron chi connectivity index (χ4n) is 2.63. The molecule has 3 aromatic rings. The minimum absolute atomic E-state index is 0.167. The standard InChI is InChI=1S/C20H14F3NO3/c21-20(22,23)17-9-5-4-8-15(17)10-11-18(25)24-16(13-27-19(24)26)12-14-6-2-1-3-7-14/h1-11,13H,12H2/b11-10+. The summed E-state index contributed by atoms with van der Waals surface area (Å²) in [4.78, 5) is 24.3. The van der Waals surface area contributed by atoms with Gasteiger partial charge < -0.3 is 4.42 Å². The summed E-state index contributed by atoms with van der Waals surface area (Å²) in [5.41, 5.74) is 0.133. The number of aromatic nitrogens is 1. The average molecular weight is 373 g/mol. The maximum absolute atomic E-state index is 13.0. The van der Waals surface area contributed by atoms with Crippen molar-refractivity contribution in [2.45, 2.75) is 12.6 Å². The Morgan fingerprint density at radius 2 is 1.70 bits per heavy atom. The van der Waals surface area contributed by atoms with Crippen LogP contribution in [-0.4, -0.2) is 10.5 Å². The topological polar surface area (TPSA) is 52.2 Å². The highest BCUT2D eigenvalue weighted by Crippen LogP contribution is 2.32. The summed E-state index contributed by atoms with van der Waals surface area (Å²) in [5, 5.41) is 0. The van der Waals surface area contributed by atoms with E-state index in [4.69, 9.17) is 4.42 Å². The highest BCUT2D eigenvalue weighted by atomic mass is 19.4. The van der Waals surface area contributed by atoms with E-state index in [1.54, 1.807) is 0 Å². The molecule has 3 rings (SSSR count). The third-order valence-electron chi connectivity index (χ3n) is 3.89. The number of alkyl halides is 3. The zero-order valence-electron chi connectivity index (χ0n) is 13.9. The molecule has 0 amide bonds. The number of hydrogen-bond donors (Lipinski definition) is 0. The van der Waals surface area contributed by atoms with Crippen LogP contribution in [0.3, 0.4) is 0 Å². The second-order valence-electron chi connectivity index (χ2n) is 5.75. The number of carbonyl (C=O) groups is 1. The van der Waals surface area contributed by atoms with Gasteiger partial charge in [-0.1, -0.05) is 48.5 Å². The van der Waals surface area contributed by atoms with Crippen LogP contribution in [0, 0.1) is 0 Å². The van der Waals surface area contributed by atoms with Gasteiger partial charge in [0, 0.05) is 12.5 Å². The predicted octanol–water partition coefficient (Wildman–Crippen LogP) is 4.40. The van der Waals surface area contributed by atoms with Gasteiger partial charge in [-0.2, -0.15) is 13.2 Å². The van der Waals surface area contributed by atoms with Crippen LogP contribution in [0.15, 0.2) is 76.1 Å². The molecule has 0 radical (unpaired) electrons. The molecule has 0 aliphatic heterocycles. The Hall–Kier alpha value is -3.35. The van der Waals surface area contributed by atoms with Crippen molar-refractivity contribution in [3.05, 3.63) is 99.9 Å². The van der Waals surface area contributed by atoms with E-state index >= 15 is 0 Å². The van der Waals surface area contributed by atoms with Crippen molar-refractivity contribution in [3.63, 3.8) is 0 Å². The summed E-state index contributed by atoms with van der Waals surface area (Å²) in [7, 11) is 0. The normalized spacial score (nSPS) is 11.8. The number of oxazole rings is 1. The van der Waals surface area contributed by atoms with E-state index in [-0.39, 0.29) is 12.0 Å². The summed E-state index contributed by atoms with van der Waals surface area (Å²) in [6.07, 6.45) is -1.14. The molecule has 0 bridgehead atoms. The quantitative estimate of drug-likeness (QED) is 0.637. The van der Waals surface area contributed by atoms with Crippen molar-refractivity contribution >= 4 is 12.0 Å². The van der Waals surface area contributed by atoms with E-state index in [0.717, 1.165) is 28.3 Å². The van der Waals surface area contributed by atoms with Crippen LogP contribution in [0.4, 0.5) is 13.2 Å². The summed E-state index contributed by atoms with van der Waals surface area (Å²) in [6.45, 7) is 0. The molecule has 1 aromatic heterocycles. The number of hydrogen-bond acceptors (Lipinski definition) is 3. The Balaban J connectivity index is 1.89. The third-order valence-corrected chi connectivity index (χ3v) is 3.89. The van der Waals surface area contributed by atoms with Crippen molar-refractivity contribution in [2.75, 3.05) is 0 Å². The minimum atomic E-state index is -4.55. The van der Waals surface area contributed by atoms with Crippen LogP contribution < -0.4 is 5.76 Å². The third kappa shape index (κ3) is 4.25. The molecule has 0 saturated carbocycles. The first-order valence-electron chi connectivity index (χ1n) is 7.98. The molecule has 0 N–H and O–H groups in total. The molecule has 4 nitrogen and oxygen atoms in total. The molecule has 1 heterocycles. The van der Waals surface area contributed by atoms with Crippen LogP contribution in [0.1, 0.15) is 27.2 Å². The molecule has 0 fully saturated rings. The van der Waals surface area contributed by atoms with Gasteiger partial charge in [0.05, 0.1) is 11.3 Å². The van der Waals surface area contributed by atoms with Crippen LogP contribution in [0.2, 0.25) is 0 Å². The van der Waals surface area contributed by atoms with Gasteiger partial charge in [-0.3, -0.25) is 4.79 Å². The molecule has 2 aromatic carbocycles. The van der Waals surface area contributed by atoms with E-state index in [1.165, 1.54) is 24.5 Å². The first-order valence-corrected chi connectivity index (χ1v) is 7.98. The number of benzene rings is 2. The molecule has 0 unspecified atom stereocenters. The number of carbonyl (C=O) groups excluding carboxylic acids is 1.